The van der Waals surface area contributed by atoms with Gasteiger partial charge >= 0.3 is 13.2 Å². The van der Waals surface area contributed by atoms with Crippen LogP contribution in [0.3, 0.4) is 0 Å². The smallest absolute Gasteiger partial charge is 0.444 e. The third-order valence-electron chi connectivity index (χ3n) is 2.81. The van der Waals surface area contributed by atoms with Crippen LogP contribution in [0.1, 0.15) is 38.8 Å². The number of amides is 2. The zero-order valence-electron chi connectivity index (χ0n) is 13.9. The van der Waals surface area contributed by atoms with Gasteiger partial charge in [0.15, 0.2) is 0 Å². The molecular formula is C15H22BClN2O5. The summed E-state index contributed by atoms with van der Waals surface area (Å²) in [7, 11) is -1.64. The summed E-state index contributed by atoms with van der Waals surface area (Å²) in [5.41, 5.74) is -0.0419. The van der Waals surface area contributed by atoms with Crippen LogP contribution in [-0.4, -0.2) is 41.2 Å². The SMILES string of the molecule is CC(C)(C)OC(=O)NC(CC(=O)NCB(O)O)c1cccc(Cl)c1. The minimum Gasteiger partial charge on any atom is -0.444 e. The Hall–Kier alpha value is -1.77. The third kappa shape index (κ3) is 8.19. The summed E-state index contributed by atoms with van der Waals surface area (Å²) in [6, 6.07) is 6.07. The van der Waals surface area contributed by atoms with Crippen LogP contribution in [-0.2, 0) is 9.53 Å². The van der Waals surface area contributed by atoms with Crippen LogP contribution in [0.25, 0.3) is 0 Å². The number of halogens is 1. The molecule has 0 fully saturated rings. The van der Waals surface area contributed by atoms with Gasteiger partial charge in [0.1, 0.15) is 5.60 Å². The summed E-state index contributed by atoms with van der Waals surface area (Å²) in [4.78, 5) is 23.9. The number of carbonyl (C=O) groups excluding carboxylic acids is 2. The van der Waals surface area contributed by atoms with Crippen LogP contribution >= 0.6 is 11.6 Å². The van der Waals surface area contributed by atoms with E-state index in [0.717, 1.165) is 0 Å². The summed E-state index contributed by atoms with van der Waals surface area (Å²) < 4.78 is 5.20. The monoisotopic (exact) mass is 356 g/mol. The topological polar surface area (TPSA) is 108 Å². The lowest BCUT2D eigenvalue weighted by Gasteiger charge is -2.24. The van der Waals surface area contributed by atoms with Gasteiger partial charge in [-0.25, -0.2) is 4.79 Å². The van der Waals surface area contributed by atoms with E-state index in [4.69, 9.17) is 26.4 Å². The van der Waals surface area contributed by atoms with Crippen molar-refractivity contribution < 1.29 is 24.4 Å². The quantitative estimate of drug-likeness (QED) is 0.577. The summed E-state index contributed by atoms with van der Waals surface area (Å²) >= 11 is 5.96. The van der Waals surface area contributed by atoms with Crippen molar-refractivity contribution in [3.05, 3.63) is 34.9 Å². The number of hydrogen-bond donors (Lipinski definition) is 4. The third-order valence-corrected chi connectivity index (χ3v) is 3.05. The van der Waals surface area contributed by atoms with Crippen molar-refractivity contribution in [3.63, 3.8) is 0 Å². The van der Waals surface area contributed by atoms with Crippen LogP contribution in [0.4, 0.5) is 4.79 Å². The lowest BCUT2D eigenvalue weighted by Crippen LogP contribution is -2.39. The molecule has 1 aromatic rings. The Bertz CT molecular complexity index is 577. The molecule has 0 saturated carbocycles. The number of carbonyl (C=O) groups is 2. The Balaban J connectivity index is 2.83. The lowest BCUT2D eigenvalue weighted by atomic mass is 9.92. The van der Waals surface area contributed by atoms with Crippen molar-refractivity contribution in [1.82, 2.24) is 10.6 Å². The summed E-state index contributed by atoms with van der Waals surface area (Å²) in [6.45, 7) is 5.20. The number of nitrogens with one attached hydrogen (secondary N) is 2. The van der Waals surface area contributed by atoms with Gasteiger partial charge in [-0.15, -0.1) is 0 Å². The van der Waals surface area contributed by atoms with Gasteiger partial charge in [0.2, 0.25) is 5.91 Å². The number of hydrogen-bond acceptors (Lipinski definition) is 5. The molecule has 1 rings (SSSR count). The molecule has 0 heterocycles. The molecule has 1 unspecified atom stereocenters. The molecule has 9 heteroatoms. The molecule has 0 aliphatic rings. The molecule has 0 radical (unpaired) electrons. The Morgan fingerprint density at radius 3 is 2.54 bits per heavy atom. The molecular weight excluding hydrogens is 334 g/mol. The maximum atomic E-state index is 12.0. The van der Waals surface area contributed by atoms with Crippen molar-refractivity contribution in [2.75, 3.05) is 6.44 Å². The highest BCUT2D eigenvalue weighted by Gasteiger charge is 2.23. The molecule has 24 heavy (non-hydrogen) atoms. The normalized spacial score (nSPS) is 12.2. The van der Waals surface area contributed by atoms with E-state index in [1.165, 1.54) is 0 Å². The fraction of sp³-hybridized carbons (Fsp3) is 0.467. The highest BCUT2D eigenvalue weighted by atomic mass is 35.5. The number of ether oxygens (including phenoxy) is 1. The van der Waals surface area contributed by atoms with Crippen LogP contribution in [0.15, 0.2) is 24.3 Å². The van der Waals surface area contributed by atoms with Crippen molar-refractivity contribution in [3.8, 4) is 0 Å². The average molecular weight is 357 g/mol. The number of rotatable bonds is 6. The second-order valence-electron chi connectivity index (χ2n) is 6.24. The Kier molecular flexibility index (Phi) is 7.53. The van der Waals surface area contributed by atoms with Gasteiger partial charge < -0.3 is 25.4 Å². The summed E-state index contributed by atoms with van der Waals surface area (Å²) in [5.74, 6) is -0.455. The highest BCUT2D eigenvalue weighted by Crippen LogP contribution is 2.21. The number of benzene rings is 1. The fourth-order valence-corrected chi connectivity index (χ4v) is 2.09. The lowest BCUT2D eigenvalue weighted by molar-refractivity contribution is -0.121. The van der Waals surface area contributed by atoms with Crippen molar-refractivity contribution in [1.29, 1.82) is 0 Å². The van der Waals surface area contributed by atoms with E-state index in [2.05, 4.69) is 10.6 Å². The average Bonchev–Trinajstić information content (AvgIpc) is 2.42. The van der Waals surface area contributed by atoms with Gasteiger partial charge in [-0.2, -0.15) is 0 Å². The maximum absolute atomic E-state index is 12.0. The van der Waals surface area contributed by atoms with Crippen LogP contribution < -0.4 is 10.6 Å². The molecule has 7 nitrogen and oxygen atoms in total. The molecule has 0 aliphatic carbocycles. The van der Waals surface area contributed by atoms with E-state index >= 15 is 0 Å². The summed E-state index contributed by atoms with van der Waals surface area (Å²) in [6.07, 6.45) is -1.07. The Labute approximate surface area is 146 Å². The van der Waals surface area contributed by atoms with E-state index in [-0.39, 0.29) is 12.9 Å². The zero-order valence-corrected chi connectivity index (χ0v) is 14.6. The first-order valence-electron chi connectivity index (χ1n) is 7.44. The Morgan fingerprint density at radius 2 is 2.00 bits per heavy atom. The first-order chi connectivity index (χ1) is 11.1. The molecule has 1 atom stereocenters. The van der Waals surface area contributed by atoms with E-state index in [0.29, 0.717) is 10.6 Å². The van der Waals surface area contributed by atoms with Gasteiger partial charge in [0, 0.05) is 5.02 Å². The van der Waals surface area contributed by atoms with E-state index in [9.17, 15) is 9.59 Å². The molecule has 0 aromatic heterocycles. The highest BCUT2D eigenvalue weighted by molar-refractivity contribution is 6.41. The largest absolute Gasteiger partial charge is 0.472 e. The predicted molar refractivity (Wildman–Crippen MR) is 91.4 cm³/mol. The Morgan fingerprint density at radius 1 is 1.33 bits per heavy atom. The van der Waals surface area contributed by atoms with E-state index in [1.54, 1.807) is 45.0 Å². The first kappa shape index (κ1) is 20.3. The van der Waals surface area contributed by atoms with Crippen molar-refractivity contribution in [2.24, 2.45) is 0 Å². The van der Waals surface area contributed by atoms with Gasteiger partial charge in [0.05, 0.1) is 18.9 Å². The molecule has 2 amide bonds. The minimum atomic E-state index is -1.64. The van der Waals surface area contributed by atoms with Gasteiger partial charge in [-0.3, -0.25) is 4.79 Å². The van der Waals surface area contributed by atoms with Crippen molar-refractivity contribution in [2.45, 2.75) is 38.8 Å². The molecule has 0 bridgehead atoms. The zero-order chi connectivity index (χ0) is 18.3. The molecule has 0 aliphatic heterocycles. The molecule has 1 aromatic carbocycles. The molecule has 0 saturated heterocycles. The molecule has 4 N–H and O–H groups in total. The van der Waals surface area contributed by atoms with E-state index in [1.807, 2.05) is 0 Å². The van der Waals surface area contributed by atoms with Crippen molar-refractivity contribution >= 4 is 30.7 Å². The fourth-order valence-electron chi connectivity index (χ4n) is 1.89. The van der Waals surface area contributed by atoms with E-state index < -0.39 is 30.8 Å². The van der Waals surface area contributed by atoms with Gasteiger partial charge in [-0.1, -0.05) is 23.7 Å². The second-order valence-corrected chi connectivity index (χ2v) is 6.68. The minimum absolute atomic E-state index is 0.105. The predicted octanol–water partition coefficient (Wildman–Crippen LogP) is 1.42. The second kappa shape index (κ2) is 8.91. The van der Waals surface area contributed by atoms with Gasteiger partial charge in [0.25, 0.3) is 0 Å². The summed E-state index contributed by atoms with van der Waals surface area (Å²) in [5, 5.41) is 23.0. The van der Waals surface area contributed by atoms with Crippen LogP contribution in [0, 0.1) is 0 Å². The standard InChI is InChI=1S/C15H22BClN2O5/c1-15(2,3)24-14(21)19-12(8-13(20)18-9-16(22)23)10-5-4-6-11(17)7-10/h4-7,12,22-23H,8-9H2,1-3H3,(H,18,20)(H,19,21). The maximum Gasteiger partial charge on any atom is 0.472 e. The van der Waals surface area contributed by atoms with Crippen LogP contribution in [0.2, 0.25) is 5.02 Å². The number of alkyl carbamates (subject to hydrolysis) is 1. The molecule has 0 spiro atoms. The molecule has 132 valence electrons. The van der Waals surface area contributed by atoms with Gasteiger partial charge in [-0.05, 0) is 38.5 Å². The van der Waals surface area contributed by atoms with Crippen LogP contribution in [0.5, 0.6) is 0 Å². The first-order valence-corrected chi connectivity index (χ1v) is 7.82.